The van der Waals surface area contributed by atoms with Crippen molar-refractivity contribution in [3.05, 3.63) is 58.2 Å². The van der Waals surface area contributed by atoms with Gasteiger partial charge in [-0.25, -0.2) is 0 Å². The monoisotopic (exact) mass is 474 g/mol. The van der Waals surface area contributed by atoms with E-state index in [1.807, 2.05) is 18.2 Å². The summed E-state index contributed by atoms with van der Waals surface area (Å²) in [4.78, 5) is 48.6. The molecular weight excluding hydrogens is 440 g/mol. The predicted octanol–water partition coefficient (Wildman–Crippen LogP) is 5.54. The van der Waals surface area contributed by atoms with Crippen molar-refractivity contribution < 1.29 is 23.9 Å². The molecular formula is C30H34O5. The molecule has 0 radical (unpaired) electrons. The average Bonchev–Trinajstić information content (AvgIpc) is 3.18. The van der Waals surface area contributed by atoms with Gasteiger partial charge in [0, 0.05) is 30.7 Å². The van der Waals surface area contributed by atoms with Gasteiger partial charge in [0.25, 0.3) is 0 Å². The smallest absolute Gasteiger partial charge is 0.303 e. The number of Topliss-reactive ketones (excluding diaryl/α,β-unsaturated/α-hetero) is 2. The minimum absolute atomic E-state index is 0.0339. The number of rotatable bonds is 5. The fourth-order valence-electron chi connectivity index (χ4n) is 7.71. The Labute approximate surface area is 207 Å². The molecule has 2 fully saturated rings. The Balaban J connectivity index is 1.58. The second-order valence-electron chi connectivity index (χ2n) is 11.1. The molecule has 5 rings (SSSR count). The maximum atomic E-state index is 13.2. The first-order chi connectivity index (χ1) is 16.7. The standard InChI is InChI=1S/C30H34O5/c1-17(31)19-4-6-20(7-5-19)25-15-30(3)26(12-13-27(30)28(34)16-35-18(2)32)24-10-8-21-14-22(33)9-11-23(21)29(24)25/h4-7,14,24-27H,8-13,15-16H2,1-3H3/t24-,25?,26?,27?,30-/m0/s1. The van der Waals surface area contributed by atoms with E-state index in [9.17, 15) is 19.2 Å². The quantitative estimate of drug-likeness (QED) is 0.414. The van der Waals surface area contributed by atoms with E-state index in [1.165, 1.54) is 29.2 Å². The van der Waals surface area contributed by atoms with Crippen LogP contribution in [0, 0.1) is 23.2 Å². The Bertz CT molecular complexity index is 1150. The maximum Gasteiger partial charge on any atom is 0.303 e. The van der Waals surface area contributed by atoms with E-state index in [4.69, 9.17) is 4.74 Å². The lowest BCUT2D eigenvalue weighted by atomic mass is 9.51. The van der Waals surface area contributed by atoms with E-state index >= 15 is 0 Å². The Hall–Kier alpha value is -2.82. The van der Waals surface area contributed by atoms with Crippen LogP contribution in [0.15, 0.2) is 47.1 Å². The number of hydrogen-bond acceptors (Lipinski definition) is 5. The number of esters is 1. The fourth-order valence-corrected chi connectivity index (χ4v) is 7.71. The zero-order valence-electron chi connectivity index (χ0n) is 20.9. The van der Waals surface area contributed by atoms with E-state index in [0.29, 0.717) is 23.8 Å². The lowest BCUT2D eigenvalue weighted by molar-refractivity contribution is -0.148. The number of allylic oxidation sites excluding steroid dienone is 4. The van der Waals surface area contributed by atoms with Crippen LogP contribution in [0.25, 0.3) is 0 Å². The second kappa shape index (κ2) is 9.00. The molecule has 0 amide bonds. The molecule has 2 saturated carbocycles. The van der Waals surface area contributed by atoms with Gasteiger partial charge in [0.1, 0.15) is 6.61 Å². The summed E-state index contributed by atoms with van der Waals surface area (Å²) in [5.41, 5.74) is 5.76. The highest BCUT2D eigenvalue weighted by Gasteiger charge is 2.58. The number of benzene rings is 1. The van der Waals surface area contributed by atoms with Gasteiger partial charge in [-0.1, -0.05) is 36.8 Å². The van der Waals surface area contributed by atoms with Gasteiger partial charge in [-0.3, -0.25) is 19.2 Å². The van der Waals surface area contributed by atoms with Gasteiger partial charge in [0.15, 0.2) is 17.3 Å². The van der Waals surface area contributed by atoms with Crippen LogP contribution in [0.1, 0.15) is 87.6 Å². The molecule has 5 atom stereocenters. The molecule has 1 aromatic carbocycles. The van der Waals surface area contributed by atoms with Crippen LogP contribution >= 0.6 is 0 Å². The molecule has 0 aromatic heterocycles. The number of ether oxygens (including phenoxy) is 1. The molecule has 0 aliphatic heterocycles. The number of carbonyl (C=O) groups excluding carboxylic acids is 4. The van der Waals surface area contributed by atoms with Gasteiger partial charge < -0.3 is 4.74 Å². The normalized spacial score (nSPS) is 31.7. The number of carbonyl (C=O) groups is 4. The van der Waals surface area contributed by atoms with Gasteiger partial charge in [0.05, 0.1) is 0 Å². The molecule has 184 valence electrons. The van der Waals surface area contributed by atoms with Crippen molar-refractivity contribution in [1.29, 1.82) is 0 Å². The molecule has 35 heavy (non-hydrogen) atoms. The summed E-state index contributed by atoms with van der Waals surface area (Å²) < 4.78 is 5.11. The summed E-state index contributed by atoms with van der Waals surface area (Å²) in [6, 6.07) is 7.97. The van der Waals surface area contributed by atoms with Crippen molar-refractivity contribution in [2.75, 3.05) is 6.61 Å². The van der Waals surface area contributed by atoms with Gasteiger partial charge in [0.2, 0.25) is 0 Å². The van der Waals surface area contributed by atoms with Crippen molar-refractivity contribution in [2.45, 2.75) is 71.6 Å². The Morgan fingerprint density at radius 3 is 2.43 bits per heavy atom. The summed E-state index contributed by atoms with van der Waals surface area (Å²) in [7, 11) is 0. The zero-order chi connectivity index (χ0) is 24.9. The molecule has 5 nitrogen and oxygen atoms in total. The van der Waals surface area contributed by atoms with Crippen molar-refractivity contribution in [1.82, 2.24) is 0 Å². The van der Waals surface area contributed by atoms with E-state index in [2.05, 4.69) is 19.1 Å². The summed E-state index contributed by atoms with van der Waals surface area (Å²) >= 11 is 0. The average molecular weight is 475 g/mol. The van der Waals surface area contributed by atoms with Crippen LogP contribution in [0.5, 0.6) is 0 Å². The predicted molar refractivity (Wildman–Crippen MR) is 132 cm³/mol. The first kappa shape index (κ1) is 23.9. The van der Waals surface area contributed by atoms with E-state index in [-0.39, 0.29) is 41.2 Å². The van der Waals surface area contributed by atoms with Crippen molar-refractivity contribution in [3.63, 3.8) is 0 Å². The highest BCUT2D eigenvalue weighted by Crippen LogP contribution is 2.65. The van der Waals surface area contributed by atoms with Crippen LogP contribution in [0.4, 0.5) is 0 Å². The highest BCUT2D eigenvalue weighted by atomic mass is 16.5. The Morgan fingerprint density at radius 1 is 1.00 bits per heavy atom. The number of ketones is 3. The molecule has 4 aliphatic rings. The topological polar surface area (TPSA) is 77.5 Å². The molecule has 5 heteroatoms. The van der Waals surface area contributed by atoms with Crippen LogP contribution in [-0.2, 0) is 19.1 Å². The summed E-state index contributed by atoms with van der Waals surface area (Å²) in [5, 5.41) is 0. The highest BCUT2D eigenvalue weighted by molar-refractivity contribution is 5.94. The first-order valence-corrected chi connectivity index (χ1v) is 12.9. The van der Waals surface area contributed by atoms with Gasteiger partial charge in [-0.15, -0.1) is 0 Å². The third-order valence-corrected chi connectivity index (χ3v) is 9.26. The first-order valence-electron chi connectivity index (χ1n) is 12.9. The van der Waals surface area contributed by atoms with Crippen molar-refractivity contribution in [3.8, 4) is 0 Å². The molecule has 0 bridgehead atoms. The SMILES string of the molecule is CC(=O)OCC(=O)C1CCC2[C@@H]3CCC4=CC(=O)CCC4=C3C(c3ccc(C(C)=O)cc3)C[C@]12C. The lowest BCUT2D eigenvalue weighted by Crippen LogP contribution is -2.45. The molecule has 0 heterocycles. The molecule has 1 aromatic rings. The zero-order valence-corrected chi connectivity index (χ0v) is 20.9. The third-order valence-electron chi connectivity index (χ3n) is 9.26. The van der Waals surface area contributed by atoms with Crippen LogP contribution in [0.2, 0.25) is 0 Å². The summed E-state index contributed by atoms with van der Waals surface area (Å²) in [6.07, 6.45) is 7.85. The Morgan fingerprint density at radius 2 is 1.74 bits per heavy atom. The van der Waals surface area contributed by atoms with Crippen LogP contribution < -0.4 is 0 Å². The Kier molecular flexibility index (Phi) is 6.14. The molecule has 0 N–H and O–H groups in total. The lowest BCUT2D eigenvalue weighted by Gasteiger charge is -2.52. The van der Waals surface area contributed by atoms with Gasteiger partial charge in [-0.05, 0) is 85.5 Å². The van der Waals surface area contributed by atoms with Crippen molar-refractivity contribution >= 4 is 23.3 Å². The van der Waals surface area contributed by atoms with Gasteiger partial charge >= 0.3 is 5.97 Å². The van der Waals surface area contributed by atoms with E-state index in [1.54, 1.807) is 6.92 Å². The second-order valence-corrected chi connectivity index (χ2v) is 11.1. The van der Waals surface area contributed by atoms with Crippen molar-refractivity contribution in [2.24, 2.45) is 23.2 Å². The van der Waals surface area contributed by atoms with E-state index < -0.39 is 5.97 Å². The third kappa shape index (κ3) is 4.13. The fraction of sp³-hybridized carbons (Fsp3) is 0.533. The van der Waals surface area contributed by atoms with E-state index in [0.717, 1.165) is 38.5 Å². The molecule has 4 aliphatic carbocycles. The minimum atomic E-state index is -0.421. The molecule has 0 spiro atoms. The minimum Gasteiger partial charge on any atom is -0.458 e. The number of fused-ring (bicyclic) bond motifs is 4. The number of hydrogen-bond donors (Lipinski definition) is 0. The maximum absolute atomic E-state index is 13.2. The molecule has 3 unspecified atom stereocenters. The molecule has 0 saturated heterocycles. The van der Waals surface area contributed by atoms with Crippen LogP contribution in [0.3, 0.4) is 0 Å². The summed E-state index contributed by atoms with van der Waals surface area (Å²) in [6.45, 7) is 5.05. The largest absolute Gasteiger partial charge is 0.458 e. The van der Waals surface area contributed by atoms with Gasteiger partial charge in [-0.2, -0.15) is 0 Å². The summed E-state index contributed by atoms with van der Waals surface area (Å²) in [5.74, 6) is 0.706. The van der Waals surface area contributed by atoms with Crippen LogP contribution in [-0.4, -0.2) is 29.9 Å².